The molecule has 22 heavy (non-hydrogen) atoms. The van der Waals surface area contributed by atoms with Gasteiger partial charge in [0, 0.05) is 11.3 Å². The van der Waals surface area contributed by atoms with E-state index in [2.05, 4.69) is 5.32 Å². The van der Waals surface area contributed by atoms with Crippen molar-refractivity contribution in [2.24, 2.45) is 0 Å². The number of amides is 1. The molecule has 1 aromatic rings. The Morgan fingerprint density at radius 3 is 2.45 bits per heavy atom. The first-order chi connectivity index (χ1) is 10.1. The van der Waals surface area contributed by atoms with Gasteiger partial charge in [0.2, 0.25) is 15.9 Å². The van der Waals surface area contributed by atoms with E-state index in [1.54, 1.807) is 0 Å². The summed E-state index contributed by atoms with van der Waals surface area (Å²) in [7, 11) is -3.82. The van der Waals surface area contributed by atoms with Crippen LogP contribution >= 0.6 is 11.8 Å². The van der Waals surface area contributed by atoms with E-state index in [0.29, 0.717) is 5.75 Å². The minimum Gasteiger partial charge on any atom is -0.350 e. The van der Waals surface area contributed by atoms with Crippen molar-refractivity contribution in [3.63, 3.8) is 0 Å². The predicted molar refractivity (Wildman–Crippen MR) is 84.4 cm³/mol. The van der Waals surface area contributed by atoms with Crippen LogP contribution in [0.5, 0.6) is 0 Å². The normalized spacial score (nSPS) is 20.1. The molecule has 1 fully saturated rings. The van der Waals surface area contributed by atoms with Crippen molar-refractivity contribution in [1.82, 2.24) is 9.62 Å². The summed E-state index contributed by atoms with van der Waals surface area (Å²) < 4.78 is 39.4. The summed E-state index contributed by atoms with van der Waals surface area (Å²) in [5.41, 5.74) is -0.435. The Hall–Kier alpha value is -1.12. The third kappa shape index (κ3) is 3.80. The second kappa shape index (κ2) is 6.17. The third-order valence-electron chi connectivity index (χ3n) is 3.06. The van der Waals surface area contributed by atoms with E-state index in [9.17, 15) is 17.6 Å². The lowest BCUT2D eigenvalue weighted by atomic mass is 10.1. The van der Waals surface area contributed by atoms with Gasteiger partial charge in [0.05, 0.1) is 10.8 Å². The highest BCUT2D eigenvalue weighted by Crippen LogP contribution is 2.28. The van der Waals surface area contributed by atoms with E-state index in [0.717, 1.165) is 12.1 Å². The summed E-state index contributed by atoms with van der Waals surface area (Å²) in [5, 5.41) is 2.81. The molecule has 1 saturated heterocycles. The van der Waals surface area contributed by atoms with Gasteiger partial charge in [-0.1, -0.05) is 0 Å². The molecule has 2 rings (SSSR count). The highest BCUT2D eigenvalue weighted by molar-refractivity contribution is 8.00. The molecule has 0 saturated carbocycles. The number of hydrogen-bond acceptors (Lipinski definition) is 4. The SMILES string of the molecule is CC(C)(C)NC(=O)[C@@H]1CSCN1S(=O)(=O)c1ccc(F)cc1. The molecule has 1 aliphatic heterocycles. The zero-order valence-electron chi connectivity index (χ0n) is 12.7. The quantitative estimate of drug-likeness (QED) is 0.906. The molecule has 5 nitrogen and oxygen atoms in total. The van der Waals surface area contributed by atoms with Gasteiger partial charge in [0.15, 0.2) is 0 Å². The molecule has 8 heteroatoms. The number of nitrogens with one attached hydrogen (secondary N) is 1. The van der Waals surface area contributed by atoms with E-state index in [1.165, 1.54) is 28.2 Å². The van der Waals surface area contributed by atoms with Crippen LogP contribution in [-0.2, 0) is 14.8 Å². The Kier molecular flexibility index (Phi) is 4.84. The summed E-state index contributed by atoms with van der Waals surface area (Å²) >= 11 is 1.38. The second-order valence-electron chi connectivity index (χ2n) is 6.10. The molecule has 1 amide bonds. The van der Waals surface area contributed by atoms with E-state index in [4.69, 9.17) is 0 Å². The molecule has 1 aliphatic rings. The Morgan fingerprint density at radius 2 is 1.91 bits per heavy atom. The monoisotopic (exact) mass is 346 g/mol. The second-order valence-corrected chi connectivity index (χ2v) is 8.99. The van der Waals surface area contributed by atoms with Crippen molar-refractivity contribution in [1.29, 1.82) is 0 Å². The van der Waals surface area contributed by atoms with Gasteiger partial charge in [-0.25, -0.2) is 12.8 Å². The van der Waals surface area contributed by atoms with E-state index >= 15 is 0 Å². The number of carbonyl (C=O) groups is 1. The molecule has 1 N–H and O–H groups in total. The molecular weight excluding hydrogens is 327 g/mol. The summed E-state index contributed by atoms with van der Waals surface area (Å²) in [5.74, 6) is -0.204. The van der Waals surface area contributed by atoms with Gasteiger partial charge >= 0.3 is 0 Å². The molecular formula is C14H19FN2O3S2. The number of rotatable bonds is 3. The number of sulfonamides is 1. The fourth-order valence-corrected chi connectivity index (χ4v) is 5.21. The van der Waals surface area contributed by atoms with Crippen LogP contribution in [0.2, 0.25) is 0 Å². The number of halogens is 1. The van der Waals surface area contributed by atoms with E-state index in [-0.39, 0.29) is 16.7 Å². The molecule has 0 aromatic heterocycles. The molecule has 0 unspecified atom stereocenters. The average molecular weight is 346 g/mol. The zero-order valence-corrected chi connectivity index (χ0v) is 14.3. The van der Waals surface area contributed by atoms with Crippen LogP contribution < -0.4 is 5.32 Å². The molecule has 0 bridgehead atoms. The number of thioether (sulfide) groups is 1. The first-order valence-corrected chi connectivity index (χ1v) is 9.38. The number of nitrogens with zero attached hydrogens (tertiary/aromatic N) is 1. The summed E-state index contributed by atoms with van der Waals surface area (Å²) in [6, 6.07) is 3.87. The predicted octanol–water partition coefficient (Wildman–Crippen LogP) is 1.80. The van der Waals surface area contributed by atoms with Crippen LogP contribution in [0.15, 0.2) is 29.2 Å². The fraction of sp³-hybridized carbons (Fsp3) is 0.500. The van der Waals surface area contributed by atoms with Gasteiger partial charge < -0.3 is 5.32 Å². The van der Waals surface area contributed by atoms with E-state index in [1.807, 2.05) is 20.8 Å². The Labute approximate surface area is 134 Å². The van der Waals surface area contributed by atoms with Gasteiger partial charge in [-0.05, 0) is 45.0 Å². The van der Waals surface area contributed by atoms with Gasteiger partial charge in [0.1, 0.15) is 11.9 Å². The average Bonchev–Trinajstić information content (AvgIpc) is 2.87. The van der Waals surface area contributed by atoms with Crippen molar-refractivity contribution < 1.29 is 17.6 Å². The van der Waals surface area contributed by atoms with Gasteiger partial charge in [-0.2, -0.15) is 4.31 Å². The fourth-order valence-electron chi connectivity index (χ4n) is 2.07. The van der Waals surface area contributed by atoms with Crippen molar-refractivity contribution >= 4 is 27.7 Å². The van der Waals surface area contributed by atoms with Crippen LogP contribution in [0, 0.1) is 5.82 Å². The Bertz CT molecular complexity index is 654. The molecule has 1 heterocycles. The highest BCUT2D eigenvalue weighted by atomic mass is 32.2. The van der Waals surface area contributed by atoms with E-state index < -0.39 is 27.4 Å². The Morgan fingerprint density at radius 1 is 1.32 bits per heavy atom. The number of carbonyl (C=O) groups excluding carboxylic acids is 1. The molecule has 0 spiro atoms. The van der Waals surface area contributed by atoms with Crippen LogP contribution in [-0.4, -0.2) is 41.8 Å². The standard InChI is InChI=1S/C14H19FN2O3S2/c1-14(2,3)16-13(18)12-8-21-9-17(12)22(19,20)11-6-4-10(15)5-7-11/h4-7,12H,8-9H2,1-3H3,(H,16,18)/t12-/m0/s1. The van der Waals surface area contributed by atoms with Gasteiger partial charge in [-0.15, -0.1) is 11.8 Å². The lowest BCUT2D eigenvalue weighted by molar-refractivity contribution is -0.125. The van der Waals surface area contributed by atoms with Crippen LogP contribution in [0.4, 0.5) is 4.39 Å². The van der Waals surface area contributed by atoms with Crippen molar-refractivity contribution in [2.75, 3.05) is 11.6 Å². The lowest BCUT2D eigenvalue weighted by Crippen LogP contribution is -2.52. The van der Waals surface area contributed by atoms with Crippen LogP contribution in [0.3, 0.4) is 0 Å². The zero-order chi connectivity index (χ0) is 16.5. The lowest BCUT2D eigenvalue weighted by Gasteiger charge is -2.27. The molecule has 1 atom stereocenters. The summed E-state index contributed by atoms with van der Waals surface area (Å²) in [4.78, 5) is 12.3. The largest absolute Gasteiger partial charge is 0.350 e. The maximum absolute atomic E-state index is 13.0. The van der Waals surface area contributed by atoms with Gasteiger partial charge in [0.25, 0.3) is 0 Å². The molecule has 0 radical (unpaired) electrons. The van der Waals surface area contributed by atoms with Crippen LogP contribution in [0.1, 0.15) is 20.8 Å². The molecule has 0 aliphatic carbocycles. The smallest absolute Gasteiger partial charge is 0.244 e. The Balaban J connectivity index is 2.26. The van der Waals surface area contributed by atoms with Gasteiger partial charge in [-0.3, -0.25) is 4.79 Å². The molecule has 122 valence electrons. The minimum atomic E-state index is -3.82. The first-order valence-electron chi connectivity index (χ1n) is 6.78. The van der Waals surface area contributed by atoms with Crippen LogP contribution in [0.25, 0.3) is 0 Å². The van der Waals surface area contributed by atoms with Crippen molar-refractivity contribution in [3.05, 3.63) is 30.1 Å². The topological polar surface area (TPSA) is 66.5 Å². The van der Waals surface area contributed by atoms with Crippen molar-refractivity contribution in [3.8, 4) is 0 Å². The van der Waals surface area contributed by atoms with Crippen molar-refractivity contribution in [2.45, 2.75) is 37.2 Å². The molecule has 1 aromatic carbocycles. The number of hydrogen-bond donors (Lipinski definition) is 1. The maximum atomic E-state index is 13.0. The third-order valence-corrected chi connectivity index (χ3v) is 6.11. The highest BCUT2D eigenvalue weighted by Gasteiger charge is 2.40. The summed E-state index contributed by atoms with van der Waals surface area (Å²) in [6.07, 6.45) is 0. The number of benzene rings is 1. The first kappa shape index (κ1) is 17.2. The minimum absolute atomic E-state index is 0.00930. The maximum Gasteiger partial charge on any atom is 0.244 e. The summed E-state index contributed by atoms with van der Waals surface area (Å²) in [6.45, 7) is 5.52.